The SMILES string of the molecule is Cc1nccnc1CCC1COCCN1Cc1ccnn1C(C)C. The summed E-state index contributed by atoms with van der Waals surface area (Å²) in [6.45, 7) is 9.84. The van der Waals surface area contributed by atoms with E-state index < -0.39 is 0 Å². The molecule has 0 saturated carbocycles. The summed E-state index contributed by atoms with van der Waals surface area (Å²) in [6, 6.07) is 2.92. The Morgan fingerprint density at radius 1 is 1.25 bits per heavy atom. The summed E-state index contributed by atoms with van der Waals surface area (Å²) in [4.78, 5) is 11.3. The first-order valence-electron chi connectivity index (χ1n) is 8.76. The van der Waals surface area contributed by atoms with Crippen LogP contribution in [0.4, 0.5) is 0 Å². The average molecular weight is 329 g/mol. The van der Waals surface area contributed by atoms with Gasteiger partial charge in [0.05, 0.1) is 30.3 Å². The number of rotatable bonds is 6. The summed E-state index contributed by atoms with van der Waals surface area (Å²) in [5.74, 6) is 0. The molecule has 0 spiro atoms. The first kappa shape index (κ1) is 17.0. The van der Waals surface area contributed by atoms with Crippen molar-refractivity contribution >= 4 is 0 Å². The van der Waals surface area contributed by atoms with Crippen molar-refractivity contribution in [3.8, 4) is 0 Å². The molecule has 1 unspecified atom stereocenters. The van der Waals surface area contributed by atoms with E-state index in [1.807, 2.05) is 13.1 Å². The van der Waals surface area contributed by atoms with Crippen LogP contribution in [0.1, 0.15) is 43.4 Å². The van der Waals surface area contributed by atoms with Gasteiger partial charge in [-0.15, -0.1) is 0 Å². The van der Waals surface area contributed by atoms with Gasteiger partial charge in [-0.25, -0.2) is 0 Å². The van der Waals surface area contributed by atoms with Gasteiger partial charge in [0.25, 0.3) is 0 Å². The lowest BCUT2D eigenvalue weighted by Crippen LogP contribution is -2.45. The summed E-state index contributed by atoms with van der Waals surface area (Å²) in [5.41, 5.74) is 3.39. The Hall–Kier alpha value is -1.79. The fourth-order valence-electron chi connectivity index (χ4n) is 3.29. The van der Waals surface area contributed by atoms with Crippen molar-refractivity contribution in [3.63, 3.8) is 0 Å². The van der Waals surface area contributed by atoms with Crippen molar-refractivity contribution in [1.82, 2.24) is 24.6 Å². The molecule has 3 heterocycles. The summed E-state index contributed by atoms with van der Waals surface area (Å²) >= 11 is 0. The Balaban J connectivity index is 1.65. The largest absolute Gasteiger partial charge is 0.378 e. The fourth-order valence-corrected chi connectivity index (χ4v) is 3.29. The average Bonchev–Trinajstić information content (AvgIpc) is 3.04. The summed E-state index contributed by atoms with van der Waals surface area (Å²) in [5, 5.41) is 4.45. The second-order valence-electron chi connectivity index (χ2n) is 6.69. The number of aryl methyl sites for hydroxylation is 2. The summed E-state index contributed by atoms with van der Waals surface area (Å²) in [6.07, 6.45) is 7.40. The van der Waals surface area contributed by atoms with E-state index in [1.54, 1.807) is 12.4 Å². The molecule has 0 N–H and O–H groups in total. The van der Waals surface area contributed by atoms with Crippen LogP contribution in [-0.2, 0) is 17.7 Å². The van der Waals surface area contributed by atoms with Gasteiger partial charge >= 0.3 is 0 Å². The number of morpholine rings is 1. The van der Waals surface area contributed by atoms with Gasteiger partial charge in [0.2, 0.25) is 0 Å². The van der Waals surface area contributed by atoms with Gasteiger partial charge in [-0.3, -0.25) is 19.5 Å². The Morgan fingerprint density at radius 3 is 2.88 bits per heavy atom. The molecule has 3 rings (SSSR count). The number of nitrogens with zero attached hydrogens (tertiary/aromatic N) is 5. The van der Waals surface area contributed by atoms with E-state index in [1.165, 1.54) is 5.69 Å². The highest BCUT2D eigenvalue weighted by atomic mass is 16.5. The van der Waals surface area contributed by atoms with Crippen LogP contribution < -0.4 is 0 Å². The summed E-state index contributed by atoms with van der Waals surface area (Å²) < 4.78 is 7.84. The molecule has 0 amide bonds. The minimum Gasteiger partial charge on any atom is -0.378 e. The van der Waals surface area contributed by atoms with Gasteiger partial charge in [0.15, 0.2) is 0 Å². The van der Waals surface area contributed by atoms with Gasteiger partial charge in [0.1, 0.15) is 0 Å². The van der Waals surface area contributed by atoms with Crippen LogP contribution in [0.2, 0.25) is 0 Å². The Morgan fingerprint density at radius 2 is 2.08 bits per heavy atom. The number of ether oxygens (including phenoxy) is 1. The minimum atomic E-state index is 0.386. The molecule has 0 bridgehead atoms. The second-order valence-corrected chi connectivity index (χ2v) is 6.69. The Labute approximate surface area is 143 Å². The zero-order valence-corrected chi connectivity index (χ0v) is 14.9. The van der Waals surface area contributed by atoms with Gasteiger partial charge in [-0.05, 0) is 39.7 Å². The van der Waals surface area contributed by atoms with Crippen molar-refractivity contribution in [1.29, 1.82) is 0 Å². The van der Waals surface area contributed by atoms with Crippen molar-refractivity contribution in [2.24, 2.45) is 0 Å². The maximum Gasteiger partial charge on any atom is 0.0622 e. The number of hydrogen-bond acceptors (Lipinski definition) is 5. The maximum atomic E-state index is 5.73. The predicted octanol–water partition coefficient (Wildman–Crippen LogP) is 2.40. The van der Waals surface area contributed by atoms with Crippen LogP contribution in [0.5, 0.6) is 0 Å². The van der Waals surface area contributed by atoms with E-state index in [4.69, 9.17) is 4.74 Å². The van der Waals surface area contributed by atoms with E-state index >= 15 is 0 Å². The third kappa shape index (κ3) is 3.99. The Kier molecular flexibility index (Phi) is 5.58. The maximum absolute atomic E-state index is 5.73. The van der Waals surface area contributed by atoms with Gasteiger partial charge in [0, 0.05) is 43.8 Å². The van der Waals surface area contributed by atoms with Crippen molar-refractivity contribution in [2.75, 3.05) is 19.8 Å². The van der Waals surface area contributed by atoms with Crippen LogP contribution in [0.15, 0.2) is 24.7 Å². The van der Waals surface area contributed by atoms with Crippen molar-refractivity contribution in [2.45, 2.75) is 52.2 Å². The Bertz CT molecular complexity index is 654. The summed E-state index contributed by atoms with van der Waals surface area (Å²) in [7, 11) is 0. The van der Waals surface area contributed by atoms with E-state index in [2.05, 4.69) is 44.6 Å². The minimum absolute atomic E-state index is 0.386. The fraction of sp³-hybridized carbons (Fsp3) is 0.611. The first-order chi connectivity index (χ1) is 11.6. The van der Waals surface area contributed by atoms with Gasteiger partial charge in [-0.2, -0.15) is 5.10 Å². The molecule has 1 aliphatic rings. The van der Waals surface area contributed by atoms with E-state index in [0.717, 1.165) is 50.5 Å². The molecule has 1 aliphatic heterocycles. The zero-order valence-electron chi connectivity index (χ0n) is 14.9. The molecule has 0 aromatic carbocycles. The van der Waals surface area contributed by atoms with Crippen LogP contribution in [0.3, 0.4) is 0 Å². The molecule has 0 radical (unpaired) electrons. The van der Waals surface area contributed by atoms with Crippen LogP contribution in [-0.4, -0.2) is 50.4 Å². The molecular weight excluding hydrogens is 302 g/mol. The number of aromatic nitrogens is 4. The monoisotopic (exact) mass is 329 g/mol. The molecule has 6 heteroatoms. The molecule has 2 aromatic heterocycles. The van der Waals surface area contributed by atoms with Gasteiger partial charge < -0.3 is 4.74 Å². The topological polar surface area (TPSA) is 56.1 Å². The highest BCUT2D eigenvalue weighted by molar-refractivity contribution is 5.09. The first-order valence-corrected chi connectivity index (χ1v) is 8.76. The lowest BCUT2D eigenvalue weighted by Gasteiger charge is -2.35. The lowest BCUT2D eigenvalue weighted by molar-refractivity contribution is -0.0156. The van der Waals surface area contributed by atoms with Crippen LogP contribution >= 0.6 is 0 Å². The standard InChI is InChI=1S/C18H27N5O/c1-14(2)23-16(6-7-21-23)12-22-10-11-24-13-17(22)4-5-18-15(3)19-8-9-20-18/h6-9,14,17H,4-5,10-13H2,1-3H3. The molecule has 1 atom stereocenters. The highest BCUT2D eigenvalue weighted by Crippen LogP contribution is 2.18. The second kappa shape index (κ2) is 7.85. The molecule has 2 aromatic rings. The van der Waals surface area contributed by atoms with E-state index in [9.17, 15) is 0 Å². The van der Waals surface area contributed by atoms with Crippen LogP contribution in [0.25, 0.3) is 0 Å². The lowest BCUT2D eigenvalue weighted by atomic mass is 10.1. The third-order valence-corrected chi connectivity index (χ3v) is 4.65. The zero-order chi connectivity index (χ0) is 16.9. The quantitative estimate of drug-likeness (QED) is 0.814. The molecule has 0 aliphatic carbocycles. The van der Waals surface area contributed by atoms with Crippen LogP contribution in [0, 0.1) is 6.92 Å². The van der Waals surface area contributed by atoms with Gasteiger partial charge in [-0.1, -0.05) is 0 Å². The molecular formula is C18H27N5O. The molecule has 1 fully saturated rings. The molecule has 1 saturated heterocycles. The van der Waals surface area contributed by atoms with Crippen molar-refractivity contribution < 1.29 is 4.74 Å². The number of hydrogen-bond donors (Lipinski definition) is 0. The van der Waals surface area contributed by atoms with E-state index in [0.29, 0.717) is 12.1 Å². The molecule has 6 nitrogen and oxygen atoms in total. The van der Waals surface area contributed by atoms with E-state index in [-0.39, 0.29) is 0 Å². The molecule has 130 valence electrons. The third-order valence-electron chi connectivity index (χ3n) is 4.65. The predicted molar refractivity (Wildman–Crippen MR) is 92.7 cm³/mol. The smallest absolute Gasteiger partial charge is 0.0622 e. The normalized spacial score (nSPS) is 19.1. The molecule has 24 heavy (non-hydrogen) atoms. The highest BCUT2D eigenvalue weighted by Gasteiger charge is 2.24. The van der Waals surface area contributed by atoms with Crippen molar-refractivity contribution in [3.05, 3.63) is 41.7 Å².